The van der Waals surface area contributed by atoms with Gasteiger partial charge in [0.2, 0.25) is 15.9 Å². The number of sulfonamides is 1. The molecule has 0 aromatic heterocycles. The van der Waals surface area contributed by atoms with Gasteiger partial charge in [0.1, 0.15) is 0 Å². The maximum absolute atomic E-state index is 11.7. The second-order valence-electron chi connectivity index (χ2n) is 4.88. The first-order valence-corrected chi connectivity index (χ1v) is 8.27. The molecule has 6 nitrogen and oxygen atoms in total. The Morgan fingerprint density at radius 1 is 1.25 bits per heavy atom. The summed E-state index contributed by atoms with van der Waals surface area (Å²) in [7, 11) is -3.28. The van der Waals surface area contributed by atoms with Crippen LogP contribution in [0.3, 0.4) is 0 Å². The quantitative estimate of drug-likeness (QED) is 0.707. The van der Waals surface area contributed by atoms with E-state index in [9.17, 15) is 13.2 Å². The second-order valence-corrected chi connectivity index (χ2v) is 6.63. The fourth-order valence-electron chi connectivity index (χ4n) is 1.55. The van der Waals surface area contributed by atoms with Gasteiger partial charge in [0.25, 0.3) is 0 Å². The fourth-order valence-corrected chi connectivity index (χ4v) is 2.12. The van der Waals surface area contributed by atoms with Gasteiger partial charge in [-0.1, -0.05) is 6.92 Å². The molecule has 4 N–H and O–H groups in total. The monoisotopic (exact) mass is 299 g/mol. The summed E-state index contributed by atoms with van der Waals surface area (Å²) in [6.45, 7) is 2.57. The Labute approximate surface area is 119 Å². The molecule has 0 aliphatic heterocycles. The van der Waals surface area contributed by atoms with Crippen LogP contribution in [0.4, 0.5) is 11.4 Å². The first-order valence-electron chi connectivity index (χ1n) is 6.38. The van der Waals surface area contributed by atoms with Crippen molar-refractivity contribution in [1.29, 1.82) is 0 Å². The van der Waals surface area contributed by atoms with Crippen LogP contribution in [-0.4, -0.2) is 27.1 Å². The highest BCUT2D eigenvalue weighted by molar-refractivity contribution is 7.92. The van der Waals surface area contributed by atoms with Crippen molar-refractivity contribution in [1.82, 2.24) is 0 Å². The Morgan fingerprint density at radius 2 is 1.80 bits per heavy atom. The van der Waals surface area contributed by atoms with Gasteiger partial charge in [-0.05, 0) is 43.1 Å². The van der Waals surface area contributed by atoms with E-state index < -0.39 is 10.0 Å². The molecule has 1 unspecified atom stereocenters. The molecule has 0 saturated heterocycles. The highest BCUT2D eigenvalue weighted by Crippen LogP contribution is 2.15. The van der Waals surface area contributed by atoms with Gasteiger partial charge in [0, 0.05) is 17.8 Å². The number of carbonyl (C=O) groups is 1. The van der Waals surface area contributed by atoms with Gasteiger partial charge >= 0.3 is 0 Å². The average molecular weight is 299 g/mol. The molecule has 0 radical (unpaired) electrons. The molecule has 0 saturated carbocycles. The third kappa shape index (κ3) is 6.53. The number of rotatable bonds is 7. The zero-order chi connectivity index (χ0) is 15.2. The standard InChI is InChI=1S/C13H21N3O3S/c1-10(9-14)3-8-13(17)15-11-4-6-12(7-5-11)16-20(2,18)19/h4-7,10,16H,3,8-9,14H2,1-2H3,(H,15,17). The summed E-state index contributed by atoms with van der Waals surface area (Å²) >= 11 is 0. The highest BCUT2D eigenvalue weighted by Gasteiger charge is 2.06. The Kier molecular flexibility index (Phi) is 5.97. The van der Waals surface area contributed by atoms with Crippen LogP contribution in [0.25, 0.3) is 0 Å². The lowest BCUT2D eigenvalue weighted by Crippen LogP contribution is -2.16. The van der Waals surface area contributed by atoms with Crippen molar-refractivity contribution in [3.8, 4) is 0 Å². The lowest BCUT2D eigenvalue weighted by Gasteiger charge is -2.09. The van der Waals surface area contributed by atoms with Crippen LogP contribution in [0, 0.1) is 5.92 Å². The zero-order valence-electron chi connectivity index (χ0n) is 11.7. The summed E-state index contributed by atoms with van der Waals surface area (Å²) in [5.41, 5.74) is 6.58. The predicted molar refractivity (Wildman–Crippen MR) is 81.0 cm³/mol. The van der Waals surface area contributed by atoms with E-state index in [0.717, 1.165) is 12.7 Å². The Morgan fingerprint density at radius 3 is 2.30 bits per heavy atom. The fraction of sp³-hybridized carbons (Fsp3) is 0.462. The van der Waals surface area contributed by atoms with Gasteiger partial charge in [0.15, 0.2) is 0 Å². The second kappa shape index (κ2) is 7.25. The summed E-state index contributed by atoms with van der Waals surface area (Å²) in [6, 6.07) is 6.49. The molecule has 1 aromatic rings. The molecule has 0 bridgehead atoms. The summed E-state index contributed by atoms with van der Waals surface area (Å²) in [5, 5.41) is 2.75. The van der Waals surface area contributed by atoms with Crippen molar-refractivity contribution in [3.05, 3.63) is 24.3 Å². The van der Waals surface area contributed by atoms with Crippen molar-refractivity contribution in [2.75, 3.05) is 22.8 Å². The molecule has 0 aliphatic carbocycles. The molecule has 0 spiro atoms. The van der Waals surface area contributed by atoms with E-state index in [1.54, 1.807) is 24.3 Å². The Hall–Kier alpha value is -1.60. The van der Waals surface area contributed by atoms with Crippen LogP contribution < -0.4 is 15.8 Å². The van der Waals surface area contributed by atoms with Crippen LogP contribution in [0.2, 0.25) is 0 Å². The molecular weight excluding hydrogens is 278 g/mol. The highest BCUT2D eigenvalue weighted by atomic mass is 32.2. The van der Waals surface area contributed by atoms with Crippen LogP contribution in [0.1, 0.15) is 19.8 Å². The first-order chi connectivity index (χ1) is 9.30. The van der Waals surface area contributed by atoms with Gasteiger partial charge in [-0.2, -0.15) is 0 Å². The van der Waals surface area contributed by atoms with Crippen molar-refractivity contribution in [2.24, 2.45) is 11.7 Å². The summed E-state index contributed by atoms with van der Waals surface area (Å²) < 4.78 is 24.5. The summed E-state index contributed by atoms with van der Waals surface area (Å²) in [5.74, 6) is 0.246. The maximum atomic E-state index is 11.7. The largest absolute Gasteiger partial charge is 0.330 e. The van der Waals surface area contributed by atoms with Gasteiger partial charge in [0.05, 0.1) is 6.26 Å². The first kappa shape index (κ1) is 16.5. The van der Waals surface area contributed by atoms with Crippen molar-refractivity contribution >= 4 is 27.3 Å². The lowest BCUT2D eigenvalue weighted by atomic mass is 10.1. The zero-order valence-corrected chi connectivity index (χ0v) is 12.5. The van der Waals surface area contributed by atoms with Crippen LogP contribution in [0.5, 0.6) is 0 Å². The van der Waals surface area contributed by atoms with E-state index in [1.807, 2.05) is 6.92 Å². The van der Waals surface area contributed by atoms with Crippen LogP contribution in [-0.2, 0) is 14.8 Å². The number of anilines is 2. The van der Waals surface area contributed by atoms with E-state index >= 15 is 0 Å². The number of hydrogen-bond acceptors (Lipinski definition) is 4. The van der Waals surface area contributed by atoms with Crippen molar-refractivity contribution in [3.63, 3.8) is 0 Å². The van der Waals surface area contributed by atoms with Gasteiger partial charge in [-0.25, -0.2) is 8.42 Å². The van der Waals surface area contributed by atoms with Gasteiger partial charge in [-0.15, -0.1) is 0 Å². The Balaban J connectivity index is 2.51. The van der Waals surface area contributed by atoms with E-state index in [1.165, 1.54) is 0 Å². The van der Waals surface area contributed by atoms with Gasteiger partial charge < -0.3 is 11.1 Å². The molecule has 1 aromatic carbocycles. The number of nitrogens with one attached hydrogen (secondary N) is 2. The number of amides is 1. The topological polar surface area (TPSA) is 101 Å². The average Bonchev–Trinajstić information content (AvgIpc) is 2.36. The van der Waals surface area contributed by atoms with Crippen molar-refractivity contribution < 1.29 is 13.2 Å². The molecule has 20 heavy (non-hydrogen) atoms. The molecule has 1 atom stereocenters. The summed E-state index contributed by atoms with van der Waals surface area (Å²) in [4.78, 5) is 11.7. The minimum atomic E-state index is -3.28. The smallest absolute Gasteiger partial charge is 0.229 e. The van der Waals surface area contributed by atoms with Gasteiger partial charge in [-0.3, -0.25) is 9.52 Å². The molecular formula is C13H21N3O3S. The minimum Gasteiger partial charge on any atom is -0.330 e. The minimum absolute atomic E-state index is 0.0749. The molecule has 1 amide bonds. The summed E-state index contributed by atoms with van der Waals surface area (Å²) in [6.07, 6.45) is 2.25. The van der Waals surface area contributed by atoms with E-state index in [2.05, 4.69) is 10.0 Å². The maximum Gasteiger partial charge on any atom is 0.229 e. The number of carbonyl (C=O) groups excluding carboxylic acids is 1. The third-order valence-electron chi connectivity index (χ3n) is 2.74. The lowest BCUT2D eigenvalue weighted by molar-refractivity contribution is -0.116. The number of hydrogen-bond donors (Lipinski definition) is 3. The number of nitrogens with two attached hydrogens (primary N) is 1. The van der Waals surface area contributed by atoms with E-state index in [-0.39, 0.29) is 5.91 Å². The predicted octanol–water partition coefficient (Wildman–Crippen LogP) is 1.37. The molecule has 7 heteroatoms. The molecule has 1 rings (SSSR count). The van der Waals surface area contributed by atoms with Crippen LogP contribution in [0.15, 0.2) is 24.3 Å². The molecule has 0 heterocycles. The SMILES string of the molecule is CC(CN)CCC(=O)Nc1ccc(NS(C)(=O)=O)cc1. The molecule has 112 valence electrons. The Bertz CT molecular complexity index is 540. The number of benzene rings is 1. The van der Waals surface area contributed by atoms with Crippen LogP contribution >= 0.6 is 0 Å². The van der Waals surface area contributed by atoms with Crippen molar-refractivity contribution in [2.45, 2.75) is 19.8 Å². The molecule has 0 fully saturated rings. The normalized spacial score (nSPS) is 12.8. The van der Waals surface area contributed by atoms with E-state index in [4.69, 9.17) is 5.73 Å². The van der Waals surface area contributed by atoms with E-state index in [0.29, 0.717) is 30.3 Å². The molecule has 0 aliphatic rings. The third-order valence-corrected chi connectivity index (χ3v) is 3.34.